The van der Waals surface area contributed by atoms with Crippen molar-refractivity contribution in [3.8, 4) is 5.75 Å². The molecule has 0 saturated heterocycles. The van der Waals surface area contributed by atoms with E-state index in [0.717, 1.165) is 30.1 Å². The van der Waals surface area contributed by atoms with Crippen molar-refractivity contribution < 1.29 is 18.9 Å². The van der Waals surface area contributed by atoms with Gasteiger partial charge in [0.2, 0.25) is 0 Å². The van der Waals surface area contributed by atoms with Crippen LogP contribution in [0.4, 0.5) is 0 Å². The smallest absolute Gasteiger partial charge is 0.119 e. The van der Waals surface area contributed by atoms with Crippen molar-refractivity contribution in [3.63, 3.8) is 0 Å². The molecule has 4 heteroatoms. The van der Waals surface area contributed by atoms with Gasteiger partial charge in [0.15, 0.2) is 0 Å². The third kappa shape index (κ3) is 14.5. The van der Waals surface area contributed by atoms with E-state index in [9.17, 15) is 0 Å². The lowest BCUT2D eigenvalue weighted by Gasteiger charge is -2.36. The van der Waals surface area contributed by atoms with Crippen LogP contribution in [-0.4, -0.2) is 47.3 Å². The molecular weight excluding hydrogens is 364 g/mol. The fraction of sp³-hybridized carbons (Fsp3) is 0.760. The molecule has 3 unspecified atom stereocenters. The SMILES string of the molecule is CCCCOC.COC1CC(C)CCC1C(C)C.COCCOc1ccccc1. The number of benzene rings is 1. The fourth-order valence-electron chi connectivity index (χ4n) is 3.43. The van der Waals surface area contributed by atoms with E-state index in [-0.39, 0.29) is 0 Å². The maximum absolute atomic E-state index is 5.54. The van der Waals surface area contributed by atoms with E-state index < -0.39 is 0 Å². The summed E-state index contributed by atoms with van der Waals surface area (Å²) >= 11 is 0. The zero-order valence-electron chi connectivity index (χ0n) is 20.0. The summed E-state index contributed by atoms with van der Waals surface area (Å²) in [7, 11) is 5.25. The van der Waals surface area contributed by atoms with E-state index in [0.29, 0.717) is 19.3 Å². The third-order valence-electron chi connectivity index (χ3n) is 5.27. The molecule has 3 atom stereocenters. The average molecular weight is 411 g/mol. The van der Waals surface area contributed by atoms with Crippen molar-refractivity contribution >= 4 is 0 Å². The van der Waals surface area contributed by atoms with E-state index >= 15 is 0 Å². The maximum Gasteiger partial charge on any atom is 0.119 e. The largest absolute Gasteiger partial charge is 0.491 e. The van der Waals surface area contributed by atoms with Crippen molar-refractivity contribution in [2.24, 2.45) is 17.8 Å². The molecule has 4 nitrogen and oxygen atoms in total. The first-order chi connectivity index (χ1) is 14.0. The van der Waals surface area contributed by atoms with Crippen LogP contribution in [0.5, 0.6) is 5.75 Å². The molecule has 0 spiro atoms. The first-order valence-electron chi connectivity index (χ1n) is 11.2. The van der Waals surface area contributed by atoms with Crippen LogP contribution in [0.15, 0.2) is 30.3 Å². The molecular formula is C25H46O4. The van der Waals surface area contributed by atoms with E-state index in [4.69, 9.17) is 18.9 Å². The van der Waals surface area contributed by atoms with Crippen molar-refractivity contribution in [1.29, 1.82) is 0 Å². The Morgan fingerprint density at radius 2 is 1.59 bits per heavy atom. The number of hydrogen-bond donors (Lipinski definition) is 0. The molecule has 1 aromatic rings. The quantitative estimate of drug-likeness (QED) is 0.452. The van der Waals surface area contributed by atoms with Gasteiger partial charge in [-0.2, -0.15) is 0 Å². The number of unbranched alkanes of at least 4 members (excludes halogenated alkanes) is 1. The van der Waals surface area contributed by atoms with Crippen LogP contribution in [0.25, 0.3) is 0 Å². The summed E-state index contributed by atoms with van der Waals surface area (Å²) in [5.41, 5.74) is 0. The summed E-state index contributed by atoms with van der Waals surface area (Å²) in [5, 5.41) is 0. The Balaban J connectivity index is 0.000000430. The Bertz CT molecular complexity index is 445. The Morgan fingerprint density at radius 3 is 2.07 bits per heavy atom. The van der Waals surface area contributed by atoms with Crippen LogP contribution in [-0.2, 0) is 14.2 Å². The number of methoxy groups -OCH3 is 3. The molecule has 0 amide bonds. The summed E-state index contributed by atoms with van der Waals surface area (Å²) in [5.74, 6) is 3.34. The first-order valence-corrected chi connectivity index (χ1v) is 11.2. The normalized spacial score (nSPS) is 20.9. The second kappa shape index (κ2) is 18.9. The molecule has 0 aromatic heterocycles. The van der Waals surface area contributed by atoms with Crippen LogP contribution in [0, 0.1) is 17.8 Å². The monoisotopic (exact) mass is 410 g/mol. The van der Waals surface area contributed by atoms with E-state index in [1.165, 1.54) is 32.1 Å². The van der Waals surface area contributed by atoms with Crippen molar-refractivity contribution in [2.75, 3.05) is 41.2 Å². The summed E-state index contributed by atoms with van der Waals surface area (Å²) in [6.45, 7) is 11.3. The molecule has 29 heavy (non-hydrogen) atoms. The summed E-state index contributed by atoms with van der Waals surface area (Å²) in [4.78, 5) is 0. The molecule has 1 aromatic carbocycles. The highest BCUT2D eigenvalue weighted by Crippen LogP contribution is 2.34. The number of ether oxygens (including phenoxy) is 4. The zero-order valence-corrected chi connectivity index (χ0v) is 20.0. The molecule has 1 saturated carbocycles. The van der Waals surface area contributed by atoms with Gasteiger partial charge in [0.05, 0.1) is 12.7 Å². The van der Waals surface area contributed by atoms with Crippen LogP contribution in [0.1, 0.15) is 59.8 Å². The minimum Gasteiger partial charge on any atom is -0.491 e. The molecule has 1 aliphatic carbocycles. The second-order valence-corrected chi connectivity index (χ2v) is 8.10. The van der Waals surface area contributed by atoms with Crippen LogP contribution in [0.3, 0.4) is 0 Å². The standard InChI is InChI=1S/C11H22O.C9H12O2.C5H12O/c1-8(2)10-6-5-9(3)7-11(10)12-4;1-10-7-8-11-9-5-3-2-4-6-9;1-3-4-5-6-2/h8-11H,5-7H2,1-4H3;2-6H,7-8H2,1H3;3-5H2,1-2H3. The first kappa shape index (κ1) is 27.9. The Morgan fingerprint density at radius 1 is 0.931 bits per heavy atom. The Hall–Kier alpha value is -1.10. The van der Waals surface area contributed by atoms with Gasteiger partial charge in [-0.1, -0.05) is 58.7 Å². The summed E-state index contributed by atoms with van der Waals surface area (Å²) in [6, 6.07) is 9.71. The van der Waals surface area contributed by atoms with Gasteiger partial charge in [0.25, 0.3) is 0 Å². The molecule has 2 rings (SSSR count). The average Bonchev–Trinajstić information content (AvgIpc) is 2.74. The van der Waals surface area contributed by atoms with Crippen LogP contribution < -0.4 is 4.74 Å². The highest BCUT2D eigenvalue weighted by Gasteiger charge is 2.30. The maximum atomic E-state index is 5.54. The van der Waals surface area contributed by atoms with E-state index in [1.807, 2.05) is 37.4 Å². The fourth-order valence-corrected chi connectivity index (χ4v) is 3.43. The van der Waals surface area contributed by atoms with Gasteiger partial charge in [-0.3, -0.25) is 0 Å². The molecule has 0 bridgehead atoms. The van der Waals surface area contributed by atoms with Gasteiger partial charge in [0.1, 0.15) is 12.4 Å². The molecule has 170 valence electrons. The highest BCUT2D eigenvalue weighted by molar-refractivity contribution is 5.20. The molecule has 0 heterocycles. The van der Waals surface area contributed by atoms with Crippen LogP contribution >= 0.6 is 0 Å². The van der Waals surface area contributed by atoms with Crippen molar-refractivity contribution in [2.45, 2.75) is 65.9 Å². The highest BCUT2D eigenvalue weighted by atomic mass is 16.5. The molecule has 0 radical (unpaired) electrons. The van der Waals surface area contributed by atoms with Gasteiger partial charge >= 0.3 is 0 Å². The summed E-state index contributed by atoms with van der Waals surface area (Å²) < 4.78 is 20.5. The minimum absolute atomic E-state index is 0.522. The van der Waals surface area contributed by atoms with Crippen LogP contribution in [0.2, 0.25) is 0 Å². The number of rotatable bonds is 9. The molecule has 0 aliphatic heterocycles. The van der Waals surface area contributed by atoms with Gasteiger partial charge in [0, 0.05) is 27.9 Å². The number of hydrogen-bond acceptors (Lipinski definition) is 4. The molecule has 0 N–H and O–H groups in total. The van der Waals surface area contributed by atoms with Gasteiger partial charge in [-0.15, -0.1) is 0 Å². The molecule has 1 fully saturated rings. The number of para-hydroxylation sites is 1. The van der Waals surface area contributed by atoms with Crippen molar-refractivity contribution in [1.82, 2.24) is 0 Å². The Kier molecular flexibility index (Phi) is 18.2. The van der Waals surface area contributed by atoms with Crippen molar-refractivity contribution in [3.05, 3.63) is 30.3 Å². The van der Waals surface area contributed by atoms with Gasteiger partial charge in [-0.25, -0.2) is 0 Å². The van der Waals surface area contributed by atoms with Gasteiger partial charge < -0.3 is 18.9 Å². The zero-order chi connectivity index (χ0) is 21.9. The molecule has 1 aliphatic rings. The second-order valence-electron chi connectivity index (χ2n) is 8.10. The van der Waals surface area contributed by atoms with E-state index in [2.05, 4.69) is 27.7 Å². The summed E-state index contributed by atoms with van der Waals surface area (Å²) in [6.07, 6.45) is 6.96. The predicted octanol–water partition coefficient (Wildman–Crippen LogP) is 6.24. The third-order valence-corrected chi connectivity index (χ3v) is 5.27. The lowest BCUT2D eigenvalue weighted by atomic mass is 9.75. The lowest BCUT2D eigenvalue weighted by molar-refractivity contribution is -0.00982. The van der Waals surface area contributed by atoms with E-state index in [1.54, 1.807) is 14.2 Å². The predicted molar refractivity (Wildman–Crippen MR) is 123 cm³/mol. The Labute approximate surface area is 180 Å². The topological polar surface area (TPSA) is 36.9 Å². The van der Waals surface area contributed by atoms with Gasteiger partial charge in [-0.05, 0) is 49.1 Å². The minimum atomic E-state index is 0.522. The lowest BCUT2D eigenvalue weighted by Crippen LogP contribution is -2.33.